The van der Waals surface area contributed by atoms with Crippen LogP contribution < -0.4 is 0 Å². The van der Waals surface area contributed by atoms with Crippen LogP contribution in [-0.2, 0) is 0 Å². The van der Waals surface area contributed by atoms with Gasteiger partial charge in [-0.1, -0.05) is 38.0 Å². The van der Waals surface area contributed by atoms with Crippen molar-refractivity contribution < 1.29 is 4.79 Å². The molecule has 2 heteroatoms. The number of pyridine rings is 1. The highest BCUT2D eigenvalue weighted by Gasteiger charge is 2.09. The Hall–Kier alpha value is -1.70. The second-order valence-electron chi connectivity index (χ2n) is 4.26. The van der Waals surface area contributed by atoms with E-state index in [0.717, 1.165) is 35.7 Å². The molecular formula is C15H17NO. The van der Waals surface area contributed by atoms with Crippen molar-refractivity contribution in [2.75, 3.05) is 0 Å². The van der Waals surface area contributed by atoms with Crippen LogP contribution in [0, 0.1) is 0 Å². The molecule has 17 heavy (non-hydrogen) atoms. The summed E-state index contributed by atoms with van der Waals surface area (Å²) in [6.45, 7) is 2.15. The van der Waals surface area contributed by atoms with Crippen molar-refractivity contribution in [3.05, 3.63) is 42.1 Å². The summed E-state index contributed by atoms with van der Waals surface area (Å²) in [6.07, 6.45) is 5.60. The van der Waals surface area contributed by atoms with Crippen LogP contribution in [0.25, 0.3) is 10.9 Å². The highest BCUT2D eigenvalue weighted by Crippen LogP contribution is 2.18. The van der Waals surface area contributed by atoms with Gasteiger partial charge in [0.25, 0.3) is 0 Å². The van der Waals surface area contributed by atoms with E-state index < -0.39 is 0 Å². The van der Waals surface area contributed by atoms with Crippen molar-refractivity contribution in [2.45, 2.75) is 32.6 Å². The van der Waals surface area contributed by atoms with E-state index >= 15 is 0 Å². The van der Waals surface area contributed by atoms with Crippen LogP contribution in [0.5, 0.6) is 0 Å². The molecule has 88 valence electrons. The average Bonchev–Trinajstić information content (AvgIpc) is 2.38. The van der Waals surface area contributed by atoms with Gasteiger partial charge in [0.05, 0.1) is 5.52 Å². The summed E-state index contributed by atoms with van der Waals surface area (Å²) in [5.41, 5.74) is 1.71. The van der Waals surface area contributed by atoms with Crippen LogP contribution >= 0.6 is 0 Å². The van der Waals surface area contributed by atoms with Crippen molar-refractivity contribution in [1.82, 2.24) is 4.98 Å². The lowest BCUT2D eigenvalue weighted by atomic mass is 10.0. The van der Waals surface area contributed by atoms with Crippen LogP contribution in [0.4, 0.5) is 0 Å². The number of rotatable bonds is 5. The lowest BCUT2D eigenvalue weighted by molar-refractivity contribution is 0.0981. The second kappa shape index (κ2) is 5.58. The summed E-state index contributed by atoms with van der Waals surface area (Å²) in [4.78, 5) is 16.4. The highest BCUT2D eigenvalue weighted by atomic mass is 16.1. The third kappa shape index (κ3) is 2.70. The summed E-state index contributed by atoms with van der Waals surface area (Å²) in [6, 6.07) is 9.64. The third-order valence-corrected chi connectivity index (χ3v) is 2.96. The standard InChI is InChI=1S/C15H17NO/c1-2-3-4-9-15(17)13-10-11-16-14-8-6-5-7-12(13)14/h5-8,10-11H,2-4,9H2,1H3. The SMILES string of the molecule is CCCCCC(=O)c1ccnc2ccccc12. The number of para-hydroxylation sites is 1. The number of benzene rings is 1. The first-order valence-electron chi connectivity index (χ1n) is 6.20. The molecule has 0 aliphatic heterocycles. The minimum Gasteiger partial charge on any atom is -0.294 e. The molecule has 0 N–H and O–H groups in total. The number of hydrogen-bond acceptors (Lipinski definition) is 2. The quantitative estimate of drug-likeness (QED) is 0.571. The summed E-state index contributed by atoms with van der Waals surface area (Å²) in [5.74, 6) is 0.233. The number of fused-ring (bicyclic) bond motifs is 1. The Morgan fingerprint density at radius 3 is 2.82 bits per heavy atom. The Balaban J connectivity index is 2.26. The van der Waals surface area contributed by atoms with Gasteiger partial charge in [-0.15, -0.1) is 0 Å². The zero-order valence-electron chi connectivity index (χ0n) is 10.1. The fourth-order valence-corrected chi connectivity index (χ4v) is 2.01. The summed E-state index contributed by atoms with van der Waals surface area (Å²) >= 11 is 0. The molecule has 0 bridgehead atoms. The molecule has 0 aliphatic rings. The second-order valence-corrected chi connectivity index (χ2v) is 4.26. The first-order valence-corrected chi connectivity index (χ1v) is 6.20. The molecular weight excluding hydrogens is 210 g/mol. The molecule has 1 aromatic heterocycles. The van der Waals surface area contributed by atoms with Crippen molar-refractivity contribution in [2.24, 2.45) is 0 Å². The van der Waals surface area contributed by atoms with Crippen LogP contribution in [0.15, 0.2) is 36.5 Å². The van der Waals surface area contributed by atoms with Gasteiger partial charge in [-0.05, 0) is 18.6 Å². The molecule has 2 nitrogen and oxygen atoms in total. The molecule has 2 aromatic rings. The highest BCUT2D eigenvalue weighted by molar-refractivity contribution is 6.07. The number of aromatic nitrogens is 1. The largest absolute Gasteiger partial charge is 0.294 e. The molecule has 1 heterocycles. The van der Waals surface area contributed by atoms with Gasteiger partial charge in [0.1, 0.15) is 0 Å². The number of Topliss-reactive ketones (excluding diaryl/α,β-unsaturated/α-hetero) is 1. The normalized spacial score (nSPS) is 10.6. The maximum absolute atomic E-state index is 12.1. The topological polar surface area (TPSA) is 30.0 Å². The number of hydrogen-bond donors (Lipinski definition) is 0. The van der Waals surface area contributed by atoms with Gasteiger partial charge in [0.2, 0.25) is 0 Å². The minimum absolute atomic E-state index is 0.233. The molecule has 0 aliphatic carbocycles. The Morgan fingerprint density at radius 2 is 2.00 bits per heavy atom. The molecule has 0 unspecified atom stereocenters. The van der Waals surface area contributed by atoms with Crippen molar-refractivity contribution in [3.8, 4) is 0 Å². The van der Waals surface area contributed by atoms with Gasteiger partial charge in [0.15, 0.2) is 5.78 Å². The average molecular weight is 227 g/mol. The molecule has 0 radical (unpaired) electrons. The molecule has 2 rings (SSSR count). The van der Waals surface area contributed by atoms with E-state index in [1.54, 1.807) is 6.20 Å². The number of carbonyl (C=O) groups excluding carboxylic acids is 1. The van der Waals surface area contributed by atoms with Gasteiger partial charge in [-0.2, -0.15) is 0 Å². The Labute approximate surface area is 102 Å². The van der Waals surface area contributed by atoms with Crippen molar-refractivity contribution in [3.63, 3.8) is 0 Å². The Kier molecular flexibility index (Phi) is 3.86. The summed E-state index contributed by atoms with van der Waals surface area (Å²) in [5, 5.41) is 0.969. The van der Waals surface area contributed by atoms with E-state index in [4.69, 9.17) is 0 Å². The van der Waals surface area contributed by atoms with Crippen LogP contribution in [-0.4, -0.2) is 10.8 Å². The number of carbonyl (C=O) groups is 1. The monoisotopic (exact) mass is 227 g/mol. The predicted molar refractivity (Wildman–Crippen MR) is 70.2 cm³/mol. The lowest BCUT2D eigenvalue weighted by Gasteiger charge is -2.04. The van der Waals surface area contributed by atoms with E-state index in [1.165, 1.54) is 0 Å². The molecule has 0 fully saturated rings. The lowest BCUT2D eigenvalue weighted by Crippen LogP contribution is -2.00. The smallest absolute Gasteiger partial charge is 0.163 e. The van der Waals surface area contributed by atoms with Gasteiger partial charge >= 0.3 is 0 Å². The van der Waals surface area contributed by atoms with E-state index in [0.29, 0.717) is 6.42 Å². The van der Waals surface area contributed by atoms with Gasteiger partial charge in [-0.3, -0.25) is 9.78 Å². The summed E-state index contributed by atoms with van der Waals surface area (Å²) < 4.78 is 0. The number of ketones is 1. The fourth-order valence-electron chi connectivity index (χ4n) is 2.01. The maximum atomic E-state index is 12.1. The van der Waals surface area contributed by atoms with E-state index in [1.807, 2.05) is 30.3 Å². The van der Waals surface area contributed by atoms with Gasteiger partial charge < -0.3 is 0 Å². The molecule has 0 amide bonds. The van der Waals surface area contributed by atoms with Gasteiger partial charge in [0, 0.05) is 23.6 Å². The zero-order valence-corrected chi connectivity index (χ0v) is 10.1. The van der Waals surface area contributed by atoms with Crippen LogP contribution in [0.2, 0.25) is 0 Å². The fraction of sp³-hybridized carbons (Fsp3) is 0.333. The van der Waals surface area contributed by atoms with Crippen LogP contribution in [0.1, 0.15) is 43.0 Å². The molecule has 0 spiro atoms. The van der Waals surface area contributed by atoms with Crippen molar-refractivity contribution in [1.29, 1.82) is 0 Å². The minimum atomic E-state index is 0.233. The van der Waals surface area contributed by atoms with E-state index in [9.17, 15) is 4.79 Å². The first-order chi connectivity index (χ1) is 8.33. The first kappa shape index (κ1) is 11.8. The Morgan fingerprint density at radius 1 is 1.18 bits per heavy atom. The number of unbranched alkanes of at least 4 members (excludes halogenated alkanes) is 2. The molecule has 0 saturated carbocycles. The molecule has 0 atom stereocenters. The molecule has 1 aromatic carbocycles. The predicted octanol–water partition coefficient (Wildman–Crippen LogP) is 4.00. The molecule has 0 saturated heterocycles. The third-order valence-electron chi connectivity index (χ3n) is 2.96. The van der Waals surface area contributed by atoms with E-state index in [2.05, 4.69) is 11.9 Å². The van der Waals surface area contributed by atoms with E-state index in [-0.39, 0.29) is 5.78 Å². The number of nitrogens with zero attached hydrogens (tertiary/aromatic N) is 1. The van der Waals surface area contributed by atoms with Crippen molar-refractivity contribution >= 4 is 16.7 Å². The van der Waals surface area contributed by atoms with Crippen LogP contribution in [0.3, 0.4) is 0 Å². The van der Waals surface area contributed by atoms with Gasteiger partial charge in [-0.25, -0.2) is 0 Å². The summed E-state index contributed by atoms with van der Waals surface area (Å²) in [7, 11) is 0. The maximum Gasteiger partial charge on any atom is 0.163 e. The zero-order chi connectivity index (χ0) is 12.1. The Bertz CT molecular complexity index is 514.